The Hall–Kier alpha value is -1.30. The van der Waals surface area contributed by atoms with Crippen molar-refractivity contribution < 1.29 is 49.0 Å². The van der Waals surface area contributed by atoms with Crippen LogP contribution in [0.15, 0.2) is 0 Å². The van der Waals surface area contributed by atoms with Crippen molar-refractivity contribution in [1.29, 1.82) is 0 Å². The van der Waals surface area contributed by atoms with Gasteiger partial charge in [-0.25, -0.2) is 9.59 Å². The number of aliphatic hydroxyl groups excluding tert-OH is 4. The van der Waals surface area contributed by atoms with Crippen molar-refractivity contribution in [2.24, 2.45) is 0 Å². The van der Waals surface area contributed by atoms with Gasteiger partial charge in [0.15, 0.2) is 18.3 Å². The number of methoxy groups -OCH3 is 2. The highest BCUT2D eigenvalue weighted by molar-refractivity contribution is 5.78. The highest BCUT2D eigenvalue weighted by atomic mass is 16.6. The van der Waals surface area contributed by atoms with Gasteiger partial charge in [0.2, 0.25) is 0 Å². The summed E-state index contributed by atoms with van der Waals surface area (Å²) in [6, 6.07) is 0. The summed E-state index contributed by atoms with van der Waals surface area (Å²) in [4.78, 5) is 21.3. The van der Waals surface area contributed by atoms with Crippen LogP contribution in [0.4, 0.5) is 0 Å². The van der Waals surface area contributed by atoms with E-state index in [-0.39, 0.29) is 6.61 Å². The highest BCUT2D eigenvalue weighted by Gasteiger charge is 2.46. The Morgan fingerprint density at radius 1 is 1.00 bits per heavy atom. The van der Waals surface area contributed by atoms with Crippen molar-refractivity contribution >= 4 is 11.9 Å². The van der Waals surface area contributed by atoms with E-state index in [1.165, 1.54) is 21.1 Å². The van der Waals surface area contributed by atoms with Gasteiger partial charge in [-0.1, -0.05) is 0 Å². The second-order valence-corrected chi connectivity index (χ2v) is 5.14. The Kier molecular flexibility index (Phi) is 7.32. The molecule has 0 aliphatic carbocycles. The first-order chi connectivity index (χ1) is 10.7. The van der Waals surface area contributed by atoms with Crippen LogP contribution >= 0.6 is 0 Å². The van der Waals surface area contributed by atoms with Crippen molar-refractivity contribution in [2.45, 2.75) is 49.7 Å². The average Bonchev–Trinajstić information content (AvgIpc) is 2.90. The summed E-state index contributed by atoms with van der Waals surface area (Å²) < 4.78 is 19.0. The third kappa shape index (κ3) is 4.59. The predicted molar refractivity (Wildman–Crippen MR) is 72.1 cm³/mol. The molecule has 0 saturated carbocycles. The van der Waals surface area contributed by atoms with Crippen molar-refractivity contribution in [3.63, 3.8) is 0 Å². The molecule has 2 heterocycles. The van der Waals surface area contributed by atoms with Gasteiger partial charge >= 0.3 is 11.9 Å². The summed E-state index contributed by atoms with van der Waals surface area (Å²) in [5, 5.41) is 36.1. The number of hydrogen-bond donors (Lipinski definition) is 4. The van der Waals surface area contributed by atoms with Crippen molar-refractivity contribution in [1.82, 2.24) is 0 Å². The van der Waals surface area contributed by atoms with Gasteiger partial charge < -0.3 is 39.4 Å². The van der Waals surface area contributed by atoms with Gasteiger partial charge in [-0.2, -0.15) is 0 Å². The molecular formula is C13H22O10. The molecule has 0 spiro atoms. The summed E-state index contributed by atoms with van der Waals surface area (Å²) in [5.74, 6) is -1.57. The standard InChI is InChI=1S/C8H14O6.C5H8O4/c1-12-3-4(13-2)7-5(9)6(10)8(11)14-7;1-2-3(6)4(7)5(8)9-2/h4-7,9-10H,3H2,1-2H3;2-4,6-7H,1H3. The van der Waals surface area contributed by atoms with E-state index in [0.717, 1.165) is 0 Å². The summed E-state index contributed by atoms with van der Waals surface area (Å²) in [6.45, 7) is 1.71. The van der Waals surface area contributed by atoms with Crippen LogP contribution in [0.1, 0.15) is 6.92 Å². The van der Waals surface area contributed by atoms with Gasteiger partial charge in [-0.05, 0) is 6.92 Å². The Morgan fingerprint density at radius 2 is 1.52 bits per heavy atom. The zero-order valence-corrected chi connectivity index (χ0v) is 13.0. The molecule has 0 aromatic carbocycles. The number of aliphatic hydroxyl groups is 4. The smallest absolute Gasteiger partial charge is 0.338 e. The Morgan fingerprint density at radius 3 is 1.78 bits per heavy atom. The topological polar surface area (TPSA) is 152 Å². The zero-order chi connectivity index (χ0) is 17.7. The molecule has 2 aliphatic rings. The fraction of sp³-hybridized carbons (Fsp3) is 0.846. The second kappa shape index (κ2) is 8.52. The maximum atomic E-state index is 10.9. The minimum atomic E-state index is -1.49. The quantitative estimate of drug-likeness (QED) is 0.389. The largest absolute Gasteiger partial charge is 0.458 e. The molecule has 134 valence electrons. The SMILES string of the molecule is CC1OC(=O)C(O)C1O.COCC(OC)C1OC(=O)C(O)C1O. The first-order valence-corrected chi connectivity index (χ1v) is 6.89. The fourth-order valence-corrected chi connectivity index (χ4v) is 2.07. The van der Waals surface area contributed by atoms with Gasteiger partial charge in [0.1, 0.15) is 24.4 Å². The fourth-order valence-electron chi connectivity index (χ4n) is 2.07. The number of esters is 2. The van der Waals surface area contributed by atoms with Gasteiger partial charge in [0.25, 0.3) is 0 Å². The number of carbonyl (C=O) groups excluding carboxylic acids is 2. The lowest BCUT2D eigenvalue weighted by atomic mass is 10.1. The van der Waals surface area contributed by atoms with E-state index >= 15 is 0 Å². The Labute approximate surface area is 132 Å². The normalized spacial score (nSPS) is 37.7. The molecule has 4 N–H and O–H groups in total. The molecule has 10 nitrogen and oxygen atoms in total. The lowest BCUT2D eigenvalue weighted by Crippen LogP contribution is -2.41. The van der Waals surface area contributed by atoms with E-state index < -0.39 is 54.7 Å². The van der Waals surface area contributed by atoms with Gasteiger partial charge in [-0.15, -0.1) is 0 Å². The number of carbonyl (C=O) groups is 2. The van der Waals surface area contributed by atoms with E-state index in [4.69, 9.17) is 29.5 Å². The minimum Gasteiger partial charge on any atom is -0.458 e. The number of rotatable bonds is 4. The first-order valence-electron chi connectivity index (χ1n) is 6.89. The minimum absolute atomic E-state index is 0.179. The van der Waals surface area contributed by atoms with Crippen LogP contribution in [0, 0.1) is 0 Å². The molecule has 7 unspecified atom stereocenters. The van der Waals surface area contributed by atoms with E-state index in [9.17, 15) is 14.7 Å². The second-order valence-electron chi connectivity index (χ2n) is 5.14. The summed E-state index contributed by atoms with van der Waals surface area (Å²) in [6.07, 6.45) is -7.18. The Balaban J connectivity index is 0.000000253. The van der Waals surface area contributed by atoms with Crippen LogP contribution in [0.25, 0.3) is 0 Å². The van der Waals surface area contributed by atoms with E-state index in [1.807, 2.05) is 0 Å². The molecule has 0 aromatic heterocycles. The lowest BCUT2D eigenvalue weighted by molar-refractivity contribution is -0.153. The summed E-state index contributed by atoms with van der Waals surface area (Å²) >= 11 is 0. The van der Waals surface area contributed by atoms with Gasteiger partial charge in [0, 0.05) is 14.2 Å². The van der Waals surface area contributed by atoms with Crippen molar-refractivity contribution in [3.05, 3.63) is 0 Å². The van der Waals surface area contributed by atoms with Crippen LogP contribution in [0.5, 0.6) is 0 Å². The van der Waals surface area contributed by atoms with Gasteiger partial charge in [0.05, 0.1) is 6.61 Å². The molecule has 7 atom stereocenters. The molecule has 2 saturated heterocycles. The molecule has 10 heteroatoms. The summed E-state index contributed by atoms with van der Waals surface area (Å²) in [5.41, 5.74) is 0. The molecule has 23 heavy (non-hydrogen) atoms. The maximum Gasteiger partial charge on any atom is 0.338 e. The zero-order valence-electron chi connectivity index (χ0n) is 13.0. The van der Waals surface area contributed by atoms with Crippen LogP contribution < -0.4 is 0 Å². The third-order valence-corrected chi connectivity index (χ3v) is 3.50. The van der Waals surface area contributed by atoms with Crippen LogP contribution in [-0.4, -0.2) is 95.9 Å². The van der Waals surface area contributed by atoms with Crippen LogP contribution in [0.2, 0.25) is 0 Å². The molecule has 0 bridgehead atoms. The molecule has 0 amide bonds. The lowest BCUT2D eigenvalue weighted by Gasteiger charge is -2.22. The van der Waals surface area contributed by atoms with Crippen LogP contribution in [0.3, 0.4) is 0 Å². The average molecular weight is 338 g/mol. The first kappa shape index (κ1) is 19.7. The Bertz CT molecular complexity index is 414. The third-order valence-electron chi connectivity index (χ3n) is 3.50. The molecule has 2 rings (SSSR count). The van der Waals surface area contributed by atoms with Gasteiger partial charge in [-0.3, -0.25) is 0 Å². The number of hydrogen-bond acceptors (Lipinski definition) is 10. The van der Waals surface area contributed by atoms with E-state index in [0.29, 0.717) is 0 Å². The van der Waals surface area contributed by atoms with Crippen molar-refractivity contribution in [3.8, 4) is 0 Å². The van der Waals surface area contributed by atoms with Crippen molar-refractivity contribution in [2.75, 3.05) is 20.8 Å². The molecule has 2 aliphatic heterocycles. The number of cyclic esters (lactones) is 2. The maximum absolute atomic E-state index is 10.9. The molecule has 0 radical (unpaired) electrons. The molecule has 0 aromatic rings. The highest BCUT2D eigenvalue weighted by Crippen LogP contribution is 2.20. The summed E-state index contributed by atoms with van der Waals surface area (Å²) in [7, 11) is 2.88. The van der Waals surface area contributed by atoms with Crippen LogP contribution in [-0.2, 0) is 28.5 Å². The monoisotopic (exact) mass is 338 g/mol. The predicted octanol–water partition coefficient (Wildman–Crippen LogP) is -3.05. The van der Waals surface area contributed by atoms with E-state index in [2.05, 4.69) is 4.74 Å². The molecule has 2 fully saturated rings. The molecular weight excluding hydrogens is 316 g/mol. The number of ether oxygens (including phenoxy) is 4. The van der Waals surface area contributed by atoms with E-state index in [1.54, 1.807) is 0 Å².